The number of nitrogens with zero attached hydrogens (tertiary/aromatic N) is 1. The van der Waals surface area contributed by atoms with Crippen molar-refractivity contribution in [1.82, 2.24) is 10.2 Å². The van der Waals surface area contributed by atoms with Crippen molar-refractivity contribution in [3.63, 3.8) is 0 Å². The minimum Gasteiger partial charge on any atom is -0.354 e. The Morgan fingerprint density at radius 3 is 2.58 bits per heavy atom. The average molecular weight is 394 g/mol. The van der Waals surface area contributed by atoms with Crippen LogP contribution in [-0.4, -0.2) is 35.3 Å². The zero-order valence-corrected chi connectivity index (χ0v) is 15.4. The number of carbonyl (C=O) groups is 2. The van der Waals surface area contributed by atoms with E-state index in [0.717, 1.165) is 12.1 Å². The van der Waals surface area contributed by atoms with E-state index in [1.807, 2.05) is 0 Å². The molecule has 0 radical (unpaired) electrons. The maximum Gasteiger partial charge on any atom is 0.416 e. The molecule has 1 fully saturated rings. The number of amides is 2. The lowest BCUT2D eigenvalue weighted by molar-refractivity contribution is -0.137. The number of nitrogens with one attached hydrogen (secondary N) is 1. The molecule has 5 nitrogen and oxygen atoms in total. The minimum absolute atomic E-state index is 0. The van der Waals surface area contributed by atoms with Crippen LogP contribution in [0.2, 0.25) is 0 Å². The third-order valence-electron chi connectivity index (χ3n) is 3.93. The van der Waals surface area contributed by atoms with Gasteiger partial charge in [0.05, 0.1) is 11.5 Å². The van der Waals surface area contributed by atoms with Crippen molar-refractivity contribution in [2.45, 2.75) is 38.5 Å². The van der Waals surface area contributed by atoms with Crippen LogP contribution in [0, 0.1) is 5.92 Å². The fourth-order valence-electron chi connectivity index (χ4n) is 2.63. The first kappa shape index (κ1) is 22.2. The monoisotopic (exact) mass is 393 g/mol. The van der Waals surface area contributed by atoms with Crippen molar-refractivity contribution in [3.05, 3.63) is 35.4 Å². The number of carbonyl (C=O) groups excluding carboxylic acids is 2. The third-order valence-corrected chi connectivity index (χ3v) is 3.93. The highest BCUT2D eigenvalue weighted by molar-refractivity contribution is 5.89. The lowest BCUT2D eigenvalue weighted by Gasteiger charge is -2.21. The summed E-state index contributed by atoms with van der Waals surface area (Å²) in [5.74, 6) is -1.02. The minimum atomic E-state index is -4.43. The van der Waals surface area contributed by atoms with Crippen LogP contribution in [0.4, 0.5) is 13.2 Å². The van der Waals surface area contributed by atoms with Crippen LogP contribution in [-0.2, 0) is 22.3 Å². The SMILES string of the molecule is CC(C)(N)CNC(=O)C1CC(=O)N(Cc2cccc(C(F)(F)F)c2)C1.Cl. The van der Waals surface area contributed by atoms with E-state index in [-0.39, 0.29) is 50.3 Å². The highest BCUT2D eigenvalue weighted by Gasteiger charge is 2.35. The van der Waals surface area contributed by atoms with Crippen molar-refractivity contribution >= 4 is 24.2 Å². The van der Waals surface area contributed by atoms with Gasteiger partial charge >= 0.3 is 6.18 Å². The quantitative estimate of drug-likeness (QED) is 0.806. The van der Waals surface area contributed by atoms with Gasteiger partial charge in [-0.3, -0.25) is 9.59 Å². The van der Waals surface area contributed by atoms with Crippen LogP contribution in [0.15, 0.2) is 24.3 Å². The maximum absolute atomic E-state index is 12.8. The second kappa shape index (κ2) is 8.26. The summed E-state index contributed by atoms with van der Waals surface area (Å²) in [6.45, 7) is 4.06. The molecule has 0 bridgehead atoms. The average Bonchev–Trinajstić information content (AvgIpc) is 2.85. The Morgan fingerprint density at radius 2 is 2.00 bits per heavy atom. The van der Waals surface area contributed by atoms with Crippen molar-refractivity contribution in [2.75, 3.05) is 13.1 Å². The molecule has 0 aromatic heterocycles. The van der Waals surface area contributed by atoms with Crippen LogP contribution in [0.5, 0.6) is 0 Å². The fourth-order valence-corrected chi connectivity index (χ4v) is 2.63. The number of alkyl halides is 3. The molecule has 2 amide bonds. The first-order valence-electron chi connectivity index (χ1n) is 7.96. The van der Waals surface area contributed by atoms with E-state index in [9.17, 15) is 22.8 Å². The van der Waals surface area contributed by atoms with Gasteiger partial charge in [0.15, 0.2) is 0 Å². The second-order valence-corrected chi connectivity index (χ2v) is 7.08. The van der Waals surface area contributed by atoms with Gasteiger partial charge in [-0.25, -0.2) is 0 Å². The molecule has 1 aliphatic rings. The molecule has 1 unspecified atom stereocenters. The van der Waals surface area contributed by atoms with Crippen LogP contribution in [0.1, 0.15) is 31.4 Å². The largest absolute Gasteiger partial charge is 0.416 e. The maximum atomic E-state index is 12.8. The van der Waals surface area contributed by atoms with Gasteiger partial charge in [-0.05, 0) is 31.5 Å². The highest BCUT2D eigenvalue weighted by atomic mass is 35.5. The standard InChI is InChI=1S/C17H22F3N3O2.ClH/c1-16(2,21)10-22-15(25)12-7-14(24)23(9-12)8-11-4-3-5-13(6-11)17(18,19)20;/h3-6,12H,7-10,21H2,1-2H3,(H,22,25);1H. The molecule has 1 aromatic rings. The number of hydrogen-bond acceptors (Lipinski definition) is 3. The summed E-state index contributed by atoms with van der Waals surface area (Å²) in [5, 5.41) is 2.71. The smallest absolute Gasteiger partial charge is 0.354 e. The summed E-state index contributed by atoms with van der Waals surface area (Å²) >= 11 is 0. The molecule has 9 heteroatoms. The molecule has 1 saturated heterocycles. The Kier molecular flexibility index (Phi) is 7.07. The Labute approximate surface area is 156 Å². The number of benzene rings is 1. The molecule has 146 valence electrons. The van der Waals surface area contributed by atoms with E-state index in [1.54, 1.807) is 13.8 Å². The summed E-state index contributed by atoms with van der Waals surface area (Å²) in [6, 6.07) is 4.86. The predicted octanol–water partition coefficient (Wildman–Crippen LogP) is 2.33. The molecule has 1 aliphatic heterocycles. The molecule has 1 aromatic carbocycles. The van der Waals surface area contributed by atoms with E-state index in [1.165, 1.54) is 17.0 Å². The van der Waals surface area contributed by atoms with Gasteiger partial charge in [0.2, 0.25) is 11.8 Å². The number of rotatable bonds is 5. The van der Waals surface area contributed by atoms with Gasteiger partial charge in [0.25, 0.3) is 0 Å². The first-order valence-corrected chi connectivity index (χ1v) is 7.96. The zero-order chi connectivity index (χ0) is 18.8. The Bertz CT molecular complexity index is 659. The summed E-state index contributed by atoms with van der Waals surface area (Å²) in [4.78, 5) is 25.6. The van der Waals surface area contributed by atoms with Crippen molar-refractivity contribution in [2.24, 2.45) is 11.7 Å². The van der Waals surface area contributed by atoms with E-state index in [2.05, 4.69) is 5.32 Å². The third kappa shape index (κ3) is 6.17. The highest BCUT2D eigenvalue weighted by Crippen LogP contribution is 2.30. The topological polar surface area (TPSA) is 75.4 Å². The van der Waals surface area contributed by atoms with Crippen molar-refractivity contribution < 1.29 is 22.8 Å². The van der Waals surface area contributed by atoms with Crippen molar-refractivity contribution in [1.29, 1.82) is 0 Å². The summed E-state index contributed by atoms with van der Waals surface area (Å²) in [5.41, 5.74) is 4.87. The van der Waals surface area contributed by atoms with E-state index in [0.29, 0.717) is 5.56 Å². The molecule has 0 saturated carbocycles. The number of likely N-dealkylation sites (tertiary alicyclic amines) is 1. The van der Waals surface area contributed by atoms with Crippen LogP contribution in [0.25, 0.3) is 0 Å². The van der Waals surface area contributed by atoms with Gasteiger partial charge in [-0.1, -0.05) is 12.1 Å². The van der Waals surface area contributed by atoms with Gasteiger partial charge in [0, 0.05) is 31.6 Å². The first-order chi connectivity index (χ1) is 11.5. The van der Waals surface area contributed by atoms with Gasteiger partial charge in [-0.2, -0.15) is 13.2 Å². The number of halogens is 4. The molecule has 0 aliphatic carbocycles. The lowest BCUT2D eigenvalue weighted by Crippen LogP contribution is -2.46. The van der Waals surface area contributed by atoms with Gasteiger partial charge in [0.1, 0.15) is 0 Å². The molecule has 26 heavy (non-hydrogen) atoms. The molecule has 3 N–H and O–H groups in total. The molecule has 2 rings (SSSR count). The Balaban J connectivity index is 0.00000338. The number of hydrogen-bond donors (Lipinski definition) is 2. The van der Waals surface area contributed by atoms with E-state index >= 15 is 0 Å². The summed E-state index contributed by atoms with van der Waals surface area (Å²) in [6.07, 6.45) is -4.38. The molecule has 1 heterocycles. The molecular formula is C17H23ClF3N3O2. The van der Waals surface area contributed by atoms with Crippen LogP contribution >= 0.6 is 12.4 Å². The predicted molar refractivity (Wildman–Crippen MR) is 93.5 cm³/mol. The molecule has 0 spiro atoms. The van der Waals surface area contributed by atoms with E-state index < -0.39 is 23.2 Å². The molecular weight excluding hydrogens is 371 g/mol. The Hall–Kier alpha value is -1.80. The van der Waals surface area contributed by atoms with E-state index in [4.69, 9.17) is 5.73 Å². The fraction of sp³-hybridized carbons (Fsp3) is 0.529. The van der Waals surface area contributed by atoms with Gasteiger partial charge in [-0.15, -0.1) is 12.4 Å². The Morgan fingerprint density at radius 1 is 1.35 bits per heavy atom. The normalized spacial score (nSPS) is 17.8. The lowest BCUT2D eigenvalue weighted by atomic mass is 10.1. The number of nitrogens with two attached hydrogens (primary N) is 1. The van der Waals surface area contributed by atoms with Crippen LogP contribution < -0.4 is 11.1 Å². The summed E-state index contributed by atoms with van der Waals surface area (Å²) in [7, 11) is 0. The zero-order valence-electron chi connectivity index (χ0n) is 14.6. The van der Waals surface area contributed by atoms with Crippen molar-refractivity contribution in [3.8, 4) is 0 Å². The second-order valence-electron chi connectivity index (χ2n) is 7.08. The van der Waals surface area contributed by atoms with Gasteiger partial charge < -0.3 is 16.0 Å². The summed E-state index contributed by atoms with van der Waals surface area (Å²) < 4.78 is 38.3. The molecule has 1 atom stereocenters. The van der Waals surface area contributed by atoms with Crippen LogP contribution in [0.3, 0.4) is 0 Å².